The Morgan fingerprint density at radius 2 is 1.84 bits per heavy atom. The molecule has 0 N–H and O–H groups in total. The number of carbonyl (C=O) groups is 1. The van der Waals surface area contributed by atoms with Crippen molar-refractivity contribution in [1.29, 1.82) is 0 Å². The van der Waals surface area contributed by atoms with Crippen molar-refractivity contribution in [3.8, 4) is 0 Å². The Morgan fingerprint density at radius 3 is 2.37 bits per heavy atom. The summed E-state index contributed by atoms with van der Waals surface area (Å²) < 4.78 is 30.8. The second kappa shape index (κ2) is 6.36. The third kappa shape index (κ3) is 6.04. The van der Waals surface area contributed by atoms with Gasteiger partial charge in [0.2, 0.25) is 0 Å². The van der Waals surface area contributed by atoms with E-state index in [-0.39, 0.29) is 13.2 Å². The first-order chi connectivity index (χ1) is 8.71. The molecule has 0 aliphatic rings. The van der Waals surface area contributed by atoms with E-state index in [9.17, 15) is 13.2 Å². The molecular formula is C12H15ClO5S. The summed E-state index contributed by atoms with van der Waals surface area (Å²) in [6.07, 6.45) is 0. The molecule has 1 aromatic carbocycles. The largest absolute Gasteiger partial charge is 0.460 e. The molecule has 0 spiro atoms. The van der Waals surface area contributed by atoms with Crippen molar-refractivity contribution in [3.05, 3.63) is 35.9 Å². The minimum Gasteiger partial charge on any atom is -0.460 e. The third-order valence-electron chi connectivity index (χ3n) is 2.33. The molecule has 0 aromatic heterocycles. The number of benzene rings is 1. The first-order valence-corrected chi connectivity index (χ1v) is 7.74. The van der Waals surface area contributed by atoms with Gasteiger partial charge in [-0.3, -0.25) is 8.98 Å². The smallest absolute Gasteiger partial charge is 0.355 e. The second-order valence-electron chi connectivity index (χ2n) is 4.60. The van der Waals surface area contributed by atoms with E-state index in [1.165, 1.54) is 13.8 Å². The minimum absolute atomic E-state index is 0.122. The normalized spacial score (nSPS) is 12.2. The first kappa shape index (κ1) is 15.9. The lowest BCUT2D eigenvalue weighted by Crippen LogP contribution is -2.32. The van der Waals surface area contributed by atoms with Gasteiger partial charge in [-0.2, -0.15) is 8.42 Å². The van der Waals surface area contributed by atoms with Crippen molar-refractivity contribution >= 4 is 26.0 Å². The molecule has 0 heterocycles. The molecule has 0 radical (unpaired) electrons. The van der Waals surface area contributed by atoms with Gasteiger partial charge in [-0.05, 0) is 19.4 Å². The van der Waals surface area contributed by atoms with Crippen LogP contribution < -0.4 is 0 Å². The zero-order valence-electron chi connectivity index (χ0n) is 10.6. The average Bonchev–Trinajstić information content (AvgIpc) is 2.34. The summed E-state index contributed by atoms with van der Waals surface area (Å²) in [4.78, 5) is 11.8. The number of halogens is 1. The Morgan fingerprint density at radius 1 is 1.26 bits per heavy atom. The minimum atomic E-state index is -4.09. The number of ether oxygens (including phenoxy) is 1. The molecule has 0 saturated heterocycles. The van der Waals surface area contributed by atoms with Crippen molar-refractivity contribution in [1.82, 2.24) is 0 Å². The molecule has 0 aliphatic carbocycles. The zero-order chi connectivity index (χ0) is 14.5. The van der Waals surface area contributed by atoms with E-state index in [1.54, 1.807) is 0 Å². The van der Waals surface area contributed by atoms with Crippen LogP contribution in [0.4, 0.5) is 0 Å². The number of hydrogen-bond acceptors (Lipinski definition) is 5. The number of carbonyl (C=O) groups excluding carboxylic acids is 1. The van der Waals surface area contributed by atoms with Gasteiger partial charge in [0.1, 0.15) is 6.61 Å². The fourth-order valence-corrected chi connectivity index (χ4v) is 1.76. The van der Waals surface area contributed by atoms with E-state index in [1.807, 2.05) is 30.3 Å². The summed E-state index contributed by atoms with van der Waals surface area (Å²) >= 11 is 0. The lowest BCUT2D eigenvalue weighted by Gasteiger charge is -2.21. The van der Waals surface area contributed by atoms with Gasteiger partial charge >= 0.3 is 15.3 Å². The van der Waals surface area contributed by atoms with Crippen molar-refractivity contribution in [2.75, 3.05) is 6.61 Å². The fraction of sp³-hybridized carbons (Fsp3) is 0.417. The average molecular weight is 307 g/mol. The van der Waals surface area contributed by atoms with Gasteiger partial charge in [-0.25, -0.2) is 0 Å². The van der Waals surface area contributed by atoms with Gasteiger partial charge in [0.15, 0.2) is 0 Å². The van der Waals surface area contributed by atoms with Crippen LogP contribution in [0, 0.1) is 5.41 Å². The van der Waals surface area contributed by atoms with Gasteiger partial charge in [0, 0.05) is 10.7 Å². The first-order valence-electron chi connectivity index (χ1n) is 5.51. The van der Waals surface area contributed by atoms with Crippen molar-refractivity contribution in [2.45, 2.75) is 20.5 Å². The molecule has 1 rings (SSSR count). The highest BCUT2D eigenvalue weighted by Crippen LogP contribution is 2.20. The van der Waals surface area contributed by atoms with Crippen LogP contribution in [0.2, 0.25) is 0 Å². The standard InChI is InChI=1S/C12H15ClO5S/c1-12(2,9-18-19(13,15)16)11(14)17-8-10-6-4-3-5-7-10/h3-7H,8-9H2,1-2H3. The van der Waals surface area contributed by atoms with E-state index in [0.717, 1.165) is 5.56 Å². The monoisotopic (exact) mass is 306 g/mol. The SMILES string of the molecule is CC(C)(COS(=O)(=O)Cl)C(=O)OCc1ccccc1. The Labute approximate surface area is 117 Å². The predicted molar refractivity (Wildman–Crippen MR) is 70.7 cm³/mol. The van der Waals surface area contributed by atoms with Crippen molar-refractivity contribution < 1.29 is 22.1 Å². The van der Waals surface area contributed by atoms with Crippen LogP contribution in [-0.2, 0) is 29.7 Å². The quantitative estimate of drug-likeness (QED) is 0.595. The molecule has 7 heteroatoms. The van der Waals surface area contributed by atoms with Gasteiger partial charge in [-0.15, -0.1) is 0 Å². The Hall–Kier alpha value is -1.11. The maximum absolute atomic E-state index is 11.8. The molecule has 1 aromatic rings. The van der Waals surface area contributed by atoms with Crippen LogP contribution in [0.5, 0.6) is 0 Å². The topological polar surface area (TPSA) is 69.7 Å². The van der Waals surface area contributed by atoms with E-state index in [0.29, 0.717) is 0 Å². The summed E-state index contributed by atoms with van der Waals surface area (Å²) in [5.41, 5.74) is -0.256. The lowest BCUT2D eigenvalue weighted by molar-refractivity contribution is -0.156. The van der Waals surface area contributed by atoms with Crippen LogP contribution in [-0.4, -0.2) is 21.0 Å². The summed E-state index contributed by atoms with van der Waals surface area (Å²) in [7, 11) is 0.821. The van der Waals surface area contributed by atoms with Gasteiger partial charge in [0.25, 0.3) is 0 Å². The molecule has 0 unspecified atom stereocenters. The lowest BCUT2D eigenvalue weighted by atomic mass is 9.95. The Kier molecular flexibility index (Phi) is 5.34. The summed E-state index contributed by atoms with van der Waals surface area (Å²) in [6, 6.07) is 9.16. The molecule has 0 amide bonds. The van der Waals surface area contributed by atoms with E-state index >= 15 is 0 Å². The van der Waals surface area contributed by atoms with Crippen LogP contribution in [0.15, 0.2) is 30.3 Å². The highest BCUT2D eigenvalue weighted by atomic mass is 35.7. The Balaban J connectivity index is 2.52. The molecule has 0 bridgehead atoms. The number of esters is 1. The van der Waals surface area contributed by atoms with Crippen LogP contribution in [0.25, 0.3) is 0 Å². The fourth-order valence-electron chi connectivity index (χ4n) is 1.20. The molecular weight excluding hydrogens is 292 g/mol. The van der Waals surface area contributed by atoms with Crippen LogP contribution in [0.1, 0.15) is 19.4 Å². The molecule has 0 fully saturated rings. The van der Waals surface area contributed by atoms with Crippen molar-refractivity contribution in [2.24, 2.45) is 5.41 Å². The predicted octanol–water partition coefficient (Wildman–Crippen LogP) is 2.26. The number of hydrogen-bond donors (Lipinski definition) is 0. The van der Waals surface area contributed by atoms with Gasteiger partial charge in [-0.1, -0.05) is 30.3 Å². The third-order valence-corrected chi connectivity index (χ3v) is 2.99. The molecule has 106 valence electrons. The molecule has 0 atom stereocenters. The maximum atomic E-state index is 11.8. The van der Waals surface area contributed by atoms with E-state index in [2.05, 4.69) is 4.18 Å². The van der Waals surface area contributed by atoms with Gasteiger partial charge in [0.05, 0.1) is 12.0 Å². The van der Waals surface area contributed by atoms with E-state index < -0.39 is 20.7 Å². The summed E-state index contributed by atoms with van der Waals surface area (Å²) in [6.45, 7) is 2.79. The zero-order valence-corrected chi connectivity index (χ0v) is 12.2. The highest BCUT2D eigenvalue weighted by molar-refractivity contribution is 8.09. The summed E-state index contributed by atoms with van der Waals surface area (Å²) in [5.74, 6) is -0.559. The number of rotatable bonds is 6. The van der Waals surface area contributed by atoms with E-state index in [4.69, 9.17) is 15.4 Å². The molecule has 5 nitrogen and oxygen atoms in total. The maximum Gasteiger partial charge on any atom is 0.355 e. The molecule has 0 saturated carbocycles. The van der Waals surface area contributed by atoms with Gasteiger partial charge < -0.3 is 4.74 Å². The second-order valence-corrected chi connectivity index (χ2v) is 6.76. The highest BCUT2D eigenvalue weighted by Gasteiger charge is 2.31. The summed E-state index contributed by atoms with van der Waals surface area (Å²) in [5, 5.41) is 0. The molecule has 0 aliphatic heterocycles. The van der Waals surface area contributed by atoms with Crippen LogP contribution >= 0.6 is 10.7 Å². The van der Waals surface area contributed by atoms with Crippen molar-refractivity contribution in [3.63, 3.8) is 0 Å². The Bertz CT molecular complexity index is 524. The molecule has 19 heavy (non-hydrogen) atoms. The van der Waals surface area contributed by atoms with Crippen LogP contribution in [0.3, 0.4) is 0 Å².